The average molecular weight is 1670 g/mol. The molecule has 0 saturated carbocycles. The van der Waals surface area contributed by atoms with Gasteiger partial charge in [0.05, 0.1) is 102 Å². The molecule has 0 aromatic carbocycles. The lowest BCUT2D eigenvalue weighted by Crippen LogP contribution is -2.61. The van der Waals surface area contributed by atoms with Gasteiger partial charge in [-0.3, -0.25) is 29.0 Å². The number of fused-ring (bicyclic) bond motifs is 2. The molecule has 0 aromatic rings. The number of hydrogen-bond acceptors (Lipinski definition) is 32. The first-order valence-electron chi connectivity index (χ1n) is 42.3. The maximum atomic E-state index is 14.7. The van der Waals surface area contributed by atoms with Gasteiger partial charge in [-0.25, -0.2) is 9.59 Å². The van der Waals surface area contributed by atoms with Gasteiger partial charge in [0, 0.05) is 77.9 Å². The number of ether oxygens (including phenoxy) is 19. The molecule has 0 amide bonds. The van der Waals surface area contributed by atoms with Crippen LogP contribution in [-0.2, 0) is 109 Å². The fourth-order valence-electron chi connectivity index (χ4n) is 19.8. The lowest BCUT2D eigenvalue weighted by molar-refractivity contribution is -0.321. The molecule has 8 aliphatic heterocycles. The summed E-state index contributed by atoms with van der Waals surface area (Å²) in [5.74, 6) is -6.09. The van der Waals surface area contributed by atoms with Crippen molar-refractivity contribution in [2.45, 2.75) is 384 Å². The Morgan fingerprint density at radius 3 is 1.24 bits per heavy atom. The van der Waals surface area contributed by atoms with E-state index in [1.165, 1.54) is 21.0 Å². The molecular formula is C85H148N4O28. The normalized spacial score (nSPS) is 45.9. The Morgan fingerprint density at radius 2 is 0.897 bits per heavy atom. The molecule has 0 bridgehead atoms. The molecule has 0 aliphatic carbocycles. The zero-order valence-corrected chi connectivity index (χ0v) is 75.7. The largest absolute Gasteiger partial charge is 0.509 e. The van der Waals surface area contributed by atoms with Gasteiger partial charge in [0.2, 0.25) is 0 Å². The van der Waals surface area contributed by atoms with Crippen LogP contribution in [0, 0.1) is 35.5 Å². The molecule has 32 nitrogen and oxygen atoms in total. The molecule has 8 fully saturated rings. The highest BCUT2D eigenvalue weighted by atomic mass is 16.8. The highest BCUT2D eigenvalue weighted by Crippen LogP contribution is 2.47. The van der Waals surface area contributed by atoms with Gasteiger partial charge in [0.1, 0.15) is 24.4 Å². The minimum absolute atomic E-state index is 0.121. The minimum atomic E-state index is -1.59. The maximum Gasteiger partial charge on any atom is 0.509 e. The van der Waals surface area contributed by atoms with Crippen LogP contribution in [-0.4, -0.2) is 328 Å². The van der Waals surface area contributed by atoms with Crippen LogP contribution >= 0.6 is 0 Å². The molecule has 0 spiro atoms. The molecule has 0 radical (unpaired) electrons. The van der Waals surface area contributed by atoms with Crippen molar-refractivity contribution in [2.75, 3.05) is 76.2 Å². The summed E-state index contributed by atoms with van der Waals surface area (Å²) in [7, 11) is 14.6. The number of methoxy groups -OCH3 is 2. The standard InChI is InChI=1S/C44H76N2O14.C41H72N2O14/c1-17-19-52-38-29(8)54-33(22-43(38,11)51-16)57-34-26(5)36(58-40-35(55-30(9)47)31(45(13)14)20-25(4)53-40)42(10,50)21-24(3)23-46(15)28(7)37-44(12,60-41(49)59-37)32(18-2)56-39(48)27(34)6;1-16-29-41(11)35(56-38(47)57-41)25(6)43(14)20-21(2)18-39(9,48)34(55-37-32(52-27(8)44)28(42(12)13)17-22(3)50-37)23(4)31(24(5)36(46)53-29)54-30-19-40(10,49-15)33(45)26(7)51-30/h17,24-29,31-38,40,50H,1,18-23H2,2-16H3;21-26,28-35,37,45,48H,16-20H2,1-15H3/t24-,25-,26+,27-,28-,29+,31+,32-,33?,34+,35-,36-,37+,38+,40+,42-,43-,44-;21-,22-,23+,24-,25-,26+,28+,29-,30?,31+,32-,33+,34-,35+,37+,39-,40-,41-/m11/s1. The zero-order chi connectivity index (χ0) is 88.0. The summed E-state index contributed by atoms with van der Waals surface area (Å²) in [6.45, 7) is 44.4. The average Bonchev–Trinajstić information content (AvgIpc) is 0.785. The van der Waals surface area contributed by atoms with Crippen molar-refractivity contribution < 1.29 is 134 Å². The van der Waals surface area contributed by atoms with E-state index in [1.807, 2.05) is 140 Å². The summed E-state index contributed by atoms with van der Waals surface area (Å²) in [4.78, 5) is 87.9. The van der Waals surface area contributed by atoms with E-state index in [-0.39, 0.29) is 80.5 Å². The van der Waals surface area contributed by atoms with Gasteiger partial charge < -0.3 is 115 Å². The molecule has 117 heavy (non-hydrogen) atoms. The van der Waals surface area contributed by atoms with E-state index in [2.05, 4.69) is 11.5 Å². The highest BCUT2D eigenvalue weighted by molar-refractivity contribution is 5.74. The molecule has 676 valence electrons. The zero-order valence-electron chi connectivity index (χ0n) is 75.7. The lowest BCUT2D eigenvalue weighted by atomic mass is 9.77. The van der Waals surface area contributed by atoms with Gasteiger partial charge in [-0.15, -0.1) is 6.58 Å². The fraction of sp³-hybridized carbons (Fsp3) is 0.906. The van der Waals surface area contributed by atoms with E-state index in [4.69, 9.17) is 90.0 Å². The Morgan fingerprint density at radius 1 is 0.530 bits per heavy atom. The number of aliphatic hydroxyl groups is 3. The van der Waals surface area contributed by atoms with Crippen LogP contribution in [0.5, 0.6) is 0 Å². The third-order valence-electron chi connectivity index (χ3n) is 26.2. The summed E-state index contributed by atoms with van der Waals surface area (Å²) in [6.07, 6.45) is -13.9. The van der Waals surface area contributed by atoms with E-state index in [9.17, 15) is 44.1 Å². The number of likely N-dealkylation sites (N-methyl/N-ethyl adjacent to an activating group) is 4. The predicted molar refractivity (Wildman–Crippen MR) is 428 cm³/mol. The second kappa shape index (κ2) is 40.8. The Bertz CT molecular complexity index is 3260. The summed E-state index contributed by atoms with van der Waals surface area (Å²) < 4.78 is 119. The van der Waals surface area contributed by atoms with Crippen molar-refractivity contribution in [3.8, 4) is 0 Å². The van der Waals surface area contributed by atoms with Gasteiger partial charge in [-0.05, 0) is 190 Å². The molecule has 8 rings (SSSR count). The van der Waals surface area contributed by atoms with Crippen LogP contribution in [0.15, 0.2) is 12.7 Å². The van der Waals surface area contributed by atoms with Crippen LogP contribution in [0.3, 0.4) is 0 Å². The molecule has 8 aliphatic rings. The van der Waals surface area contributed by atoms with E-state index in [0.717, 1.165) is 0 Å². The molecule has 3 N–H and O–H groups in total. The fourth-order valence-corrected chi connectivity index (χ4v) is 19.8. The maximum absolute atomic E-state index is 14.7. The Hall–Kier alpha value is -4.56. The molecule has 36 atom stereocenters. The summed E-state index contributed by atoms with van der Waals surface area (Å²) >= 11 is 0. The summed E-state index contributed by atoms with van der Waals surface area (Å²) in [5.41, 5.74) is -7.70. The second-order valence-corrected chi connectivity index (χ2v) is 36.9. The summed E-state index contributed by atoms with van der Waals surface area (Å²) in [5, 5.41) is 36.6. The quantitative estimate of drug-likeness (QED) is 0.0619. The molecule has 8 saturated heterocycles. The van der Waals surface area contributed by atoms with Gasteiger partial charge >= 0.3 is 36.2 Å². The number of aliphatic hydroxyl groups excluding tert-OH is 1. The van der Waals surface area contributed by atoms with Gasteiger partial charge in [0.15, 0.2) is 60.8 Å². The van der Waals surface area contributed by atoms with Crippen LogP contribution in [0.2, 0.25) is 0 Å². The summed E-state index contributed by atoms with van der Waals surface area (Å²) in [6, 6.07) is -1.26. The Balaban J connectivity index is 0.000000324. The van der Waals surface area contributed by atoms with Gasteiger partial charge in [0.25, 0.3) is 0 Å². The van der Waals surface area contributed by atoms with Crippen LogP contribution < -0.4 is 0 Å². The number of carbonyl (C=O) groups excluding carboxylic acids is 6. The van der Waals surface area contributed by atoms with Crippen molar-refractivity contribution in [3.05, 3.63) is 12.7 Å². The van der Waals surface area contributed by atoms with Crippen molar-refractivity contribution in [1.82, 2.24) is 19.6 Å². The first kappa shape index (κ1) is 99.5. The Kier molecular flexibility index (Phi) is 34.7. The number of nitrogens with zero attached hydrogens (tertiary/aromatic N) is 4. The molecular weight excluding hydrogens is 1520 g/mol. The SMILES string of the molecule is C=CCO[C@H]1[C@H](C)OC(O[C@H]2[C@H](C)[C@@H](O[C@@H]3O[C@H](C)C[C@H](N(C)C)[C@H]3OC(C)=O)[C@](C)(O)C[C@@H](C)CN(C)[C@H](C)[C@@H]3OC(=O)O[C@]3(C)[C@@H](CC)OC(=O)[C@@H]2C)C[C@@]1(C)OC.CC[C@H]1OC(=O)[C@H](C)[C@@H](OC2C[C@@](C)(OC)[C@@H](O)[C@H](C)O2)[C@H](C)[C@@H](O[C@@H]2O[C@H](C)C[C@H](N(C)C)[C@H]2OC(C)=O)[C@](C)(O)C[C@@H](C)CN(C)[C@H](C)[C@@H]2OC(=O)O[C@]12C. The number of rotatable bonds is 19. The third kappa shape index (κ3) is 23.3. The smallest absolute Gasteiger partial charge is 0.458 e. The topological polar surface area (TPSA) is 351 Å². The second-order valence-electron chi connectivity index (χ2n) is 36.9. The van der Waals surface area contributed by atoms with Crippen molar-refractivity contribution in [2.24, 2.45) is 35.5 Å². The van der Waals surface area contributed by atoms with E-state index >= 15 is 0 Å². The number of cyclic esters (lactones) is 2. The van der Waals surface area contributed by atoms with Gasteiger partial charge in [-0.2, -0.15) is 0 Å². The first-order valence-corrected chi connectivity index (χ1v) is 42.3. The monoisotopic (exact) mass is 1670 g/mol. The van der Waals surface area contributed by atoms with Crippen molar-refractivity contribution in [1.29, 1.82) is 0 Å². The third-order valence-corrected chi connectivity index (χ3v) is 26.2. The molecule has 2 unspecified atom stereocenters. The van der Waals surface area contributed by atoms with Crippen LogP contribution in [0.25, 0.3) is 0 Å². The van der Waals surface area contributed by atoms with Gasteiger partial charge in [-0.1, -0.05) is 47.6 Å². The van der Waals surface area contributed by atoms with Crippen molar-refractivity contribution >= 4 is 36.2 Å². The predicted octanol–water partition coefficient (Wildman–Crippen LogP) is 8.52. The van der Waals surface area contributed by atoms with E-state index < -0.39 is 204 Å². The molecule has 8 heterocycles. The first-order chi connectivity index (χ1) is 54.3. The molecule has 0 aromatic heterocycles. The van der Waals surface area contributed by atoms with E-state index in [1.54, 1.807) is 68.6 Å². The van der Waals surface area contributed by atoms with E-state index in [0.29, 0.717) is 38.8 Å². The Labute approximate surface area is 695 Å². The van der Waals surface area contributed by atoms with Crippen molar-refractivity contribution in [3.63, 3.8) is 0 Å². The lowest BCUT2D eigenvalue weighted by Gasteiger charge is -2.49. The molecule has 32 heteroatoms. The number of hydrogen-bond donors (Lipinski definition) is 3. The minimum Gasteiger partial charge on any atom is -0.458 e. The number of esters is 4. The number of carbonyl (C=O) groups is 6. The highest BCUT2D eigenvalue weighted by Gasteiger charge is 2.62. The van der Waals surface area contributed by atoms with Crippen LogP contribution in [0.4, 0.5) is 9.59 Å². The van der Waals surface area contributed by atoms with Crippen LogP contribution in [0.1, 0.15) is 204 Å².